The second kappa shape index (κ2) is 8.14. The van der Waals surface area contributed by atoms with Crippen molar-refractivity contribution in [2.24, 2.45) is 0 Å². The first-order valence-electron chi connectivity index (χ1n) is 8.85. The van der Waals surface area contributed by atoms with Crippen LogP contribution in [0.15, 0.2) is 53.3 Å². The molecule has 1 aromatic heterocycles. The first-order valence-corrected chi connectivity index (χ1v) is 8.85. The minimum absolute atomic E-state index is 0.0538. The van der Waals surface area contributed by atoms with Gasteiger partial charge in [0, 0.05) is 10.9 Å². The van der Waals surface area contributed by atoms with Crippen LogP contribution in [0.3, 0.4) is 0 Å². The lowest BCUT2D eigenvalue weighted by Gasteiger charge is -2.14. The predicted octanol–water partition coefficient (Wildman–Crippen LogP) is 2.13. The summed E-state index contributed by atoms with van der Waals surface area (Å²) >= 11 is 0. The van der Waals surface area contributed by atoms with Crippen LogP contribution >= 0.6 is 0 Å². The van der Waals surface area contributed by atoms with Gasteiger partial charge in [-0.3, -0.25) is 9.59 Å². The molecular weight excluding hydrogens is 360 g/mol. The van der Waals surface area contributed by atoms with Crippen LogP contribution in [0.5, 0.6) is 0 Å². The van der Waals surface area contributed by atoms with Crippen LogP contribution in [0.2, 0.25) is 0 Å². The van der Waals surface area contributed by atoms with Gasteiger partial charge in [0.25, 0.3) is 5.56 Å². The van der Waals surface area contributed by atoms with Crippen LogP contribution in [-0.2, 0) is 11.3 Å². The van der Waals surface area contributed by atoms with Crippen LogP contribution in [0.1, 0.15) is 33.3 Å². The van der Waals surface area contributed by atoms with Crippen molar-refractivity contribution >= 4 is 22.5 Å². The third kappa shape index (κ3) is 3.84. The van der Waals surface area contributed by atoms with E-state index in [1.807, 2.05) is 19.1 Å². The summed E-state index contributed by atoms with van der Waals surface area (Å²) in [4.78, 5) is 37.7. The molecule has 0 aliphatic heterocycles. The number of Topliss-reactive ketones (excluding diaryl/α,β-unsaturated/α-hetero) is 1. The SMILES string of the molecule is Cc1ccc(C(=O)[C@H](C)OC(=O)c2nn(CCO)c(=O)c3ccccc23)cc1. The lowest BCUT2D eigenvalue weighted by Crippen LogP contribution is -2.30. The summed E-state index contributed by atoms with van der Waals surface area (Å²) in [6.45, 7) is 3.05. The Morgan fingerprint density at radius 2 is 1.75 bits per heavy atom. The fourth-order valence-electron chi connectivity index (χ4n) is 2.85. The van der Waals surface area contributed by atoms with Gasteiger partial charge >= 0.3 is 5.97 Å². The molecule has 1 atom stereocenters. The monoisotopic (exact) mass is 380 g/mol. The number of fused-ring (bicyclic) bond motifs is 1. The number of aliphatic hydroxyl groups is 1. The average molecular weight is 380 g/mol. The fraction of sp³-hybridized carbons (Fsp3) is 0.238. The largest absolute Gasteiger partial charge is 0.449 e. The zero-order valence-corrected chi connectivity index (χ0v) is 15.6. The van der Waals surface area contributed by atoms with Crippen molar-refractivity contribution in [2.75, 3.05) is 6.61 Å². The Hall–Kier alpha value is -3.32. The molecule has 144 valence electrons. The molecule has 3 rings (SSSR count). The molecule has 0 spiro atoms. The number of nitrogens with zero attached hydrogens (tertiary/aromatic N) is 2. The summed E-state index contributed by atoms with van der Waals surface area (Å²) in [6.07, 6.45) is -1.02. The molecule has 0 bridgehead atoms. The second-order valence-corrected chi connectivity index (χ2v) is 6.42. The maximum Gasteiger partial charge on any atom is 0.360 e. The van der Waals surface area contributed by atoms with Gasteiger partial charge in [0.15, 0.2) is 11.8 Å². The normalized spacial score (nSPS) is 12.0. The van der Waals surface area contributed by atoms with E-state index < -0.39 is 17.6 Å². The third-order valence-electron chi connectivity index (χ3n) is 4.36. The second-order valence-electron chi connectivity index (χ2n) is 6.42. The van der Waals surface area contributed by atoms with E-state index in [9.17, 15) is 14.4 Å². The highest BCUT2D eigenvalue weighted by Crippen LogP contribution is 2.16. The standard InChI is InChI=1S/C21H20N2O5/c1-13-7-9-15(10-8-13)19(25)14(2)28-21(27)18-16-5-3-4-6-17(16)20(26)23(22-18)11-12-24/h3-10,14,24H,11-12H2,1-2H3/t14-/m0/s1. The number of aryl methyl sites for hydroxylation is 1. The van der Waals surface area contributed by atoms with E-state index >= 15 is 0 Å². The molecular formula is C21H20N2O5. The Labute approximate surface area is 161 Å². The molecule has 1 N–H and O–H groups in total. The molecule has 0 saturated heterocycles. The molecule has 0 aliphatic carbocycles. The van der Waals surface area contributed by atoms with Crippen molar-refractivity contribution in [1.82, 2.24) is 9.78 Å². The van der Waals surface area contributed by atoms with Gasteiger partial charge in [0.1, 0.15) is 0 Å². The first kappa shape index (κ1) is 19.4. The van der Waals surface area contributed by atoms with E-state index in [1.54, 1.807) is 36.4 Å². The summed E-state index contributed by atoms with van der Waals surface area (Å²) in [5.74, 6) is -1.14. The quantitative estimate of drug-likeness (QED) is 0.520. The summed E-state index contributed by atoms with van der Waals surface area (Å²) in [6, 6.07) is 13.5. The number of esters is 1. The zero-order chi connectivity index (χ0) is 20.3. The van der Waals surface area contributed by atoms with Crippen molar-refractivity contribution in [2.45, 2.75) is 26.5 Å². The van der Waals surface area contributed by atoms with E-state index in [0.29, 0.717) is 10.9 Å². The summed E-state index contributed by atoms with van der Waals surface area (Å²) in [5, 5.41) is 13.8. The molecule has 0 saturated carbocycles. The van der Waals surface area contributed by atoms with E-state index in [4.69, 9.17) is 9.84 Å². The van der Waals surface area contributed by atoms with Crippen LogP contribution < -0.4 is 5.56 Å². The maximum atomic E-state index is 12.7. The third-order valence-corrected chi connectivity index (χ3v) is 4.36. The Bertz CT molecular complexity index is 1090. The smallest absolute Gasteiger partial charge is 0.360 e. The van der Waals surface area contributed by atoms with Crippen LogP contribution in [0.25, 0.3) is 10.8 Å². The number of ether oxygens (including phenoxy) is 1. The molecule has 2 aromatic carbocycles. The lowest BCUT2D eigenvalue weighted by atomic mass is 10.1. The number of hydrogen-bond donors (Lipinski definition) is 1. The number of aromatic nitrogens is 2. The van der Waals surface area contributed by atoms with Gasteiger partial charge in [-0.15, -0.1) is 0 Å². The Kier molecular flexibility index (Phi) is 5.65. The molecule has 0 amide bonds. The highest BCUT2D eigenvalue weighted by molar-refractivity contribution is 6.05. The maximum absolute atomic E-state index is 12.7. The minimum Gasteiger partial charge on any atom is -0.449 e. The molecule has 1 heterocycles. The lowest BCUT2D eigenvalue weighted by molar-refractivity contribution is 0.0312. The molecule has 28 heavy (non-hydrogen) atoms. The minimum atomic E-state index is -1.02. The van der Waals surface area contributed by atoms with Crippen molar-refractivity contribution in [3.05, 3.63) is 75.7 Å². The van der Waals surface area contributed by atoms with Gasteiger partial charge in [-0.1, -0.05) is 48.0 Å². The zero-order valence-electron chi connectivity index (χ0n) is 15.6. The van der Waals surface area contributed by atoms with Crippen molar-refractivity contribution in [3.8, 4) is 0 Å². The molecule has 0 aliphatic rings. The highest BCUT2D eigenvalue weighted by atomic mass is 16.5. The van der Waals surface area contributed by atoms with Crippen molar-refractivity contribution in [1.29, 1.82) is 0 Å². The highest BCUT2D eigenvalue weighted by Gasteiger charge is 2.24. The first-order chi connectivity index (χ1) is 13.4. The number of hydrogen-bond acceptors (Lipinski definition) is 6. The van der Waals surface area contributed by atoms with E-state index in [0.717, 1.165) is 10.2 Å². The number of aliphatic hydroxyl groups excluding tert-OH is 1. The van der Waals surface area contributed by atoms with Crippen LogP contribution in [-0.4, -0.2) is 39.4 Å². The van der Waals surface area contributed by atoms with E-state index in [2.05, 4.69) is 5.10 Å². The van der Waals surface area contributed by atoms with Gasteiger partial charge in [0.05, 0.1) is 18.5 Å². The average Bonchev–Trinajstić information content (AvgIpc) is 2.70. The number of benzene rings is 2. The summed E-state index contributed by atoms with van der Waals surface area (Å²) in [7, 11) is 0. The van der Waals surface area contributed by atoms with Gasteiger partial charge in [-0.05, 0) is 19.9 Å². The topological polar surface area (TPSA) is 98.5 Å². The molecule has 7 heteroatoms. The van der Waals surface area contributed by atoms with Gasteiger partial charge in [-0.2, -0.15) is 5.10 Å². The Balaban J connectivity index is 1.92. The number of carbonyl (C=O) groups excluding carboxylic acids is 2. The van der Waals surface area contributed by atoms with E-state index in [-0.39, 0.29) is 30.0 Å². The summed E-state index contributed by atoms with van der Waals surface area (Å²) in [5.41, 5.74) is 0.967. The van der Waals surface area contributed by atoms with Gasteiger partial charge in [0.2, 0.25) is 5.78 Å². The van der Waals surface area contributed by atoms with Gasteiger partial charge < -0.3 is 9.84 Å². The molecule has 3 aromatic rings. The Morgan fingerprint density at radius 3 is 2.39 bits per heavy atom. The number of rotatable bonds is 6. The Morgan fingerprint density at radius 1 is 1.11 bits per heavy atom. The molecule has 0 radical (unpaired) electrons. The van der Waals surface area contributed by atoms with E-state index in [1.165, 1.54) is 6.92 Å². The molecule has 7 nitrogen and oxygen atoms in total. The van der Waals surface area contributed by atoms with Gasteiger partial charge in [-0.25, -0.2) is 9.48 Å². The van der Waals surface area contributed by atoms with Crippen LogP contribution in [0, 0.1) is 6.92 Å². The predicted molar refractivity (Wildman–Crippen MR) is 103 cm³/mol. The van der Waals surface area contributed by atoms with Crippen molar-refractivity contribution < 1.29 is 19.4 Å². The molecule has 0 unspecified atom stereocenters. The summed E-state index contributed by atoms with van der Waals surface area (Å²) < 4.78 is 6.35. The number of ketones is 1. The van der Waals surface area contributed by atoms with Crippen LogP contribution in [0.4, 0.5) is 0 Å². The van der Waals surface area contributed by atoms with Crippen molar-refractivity contribution in [3.63, 3.8) is 0 Å². The number of carbonyl (C=O) groups is 2. The fourth-order valence-corrected chi connectivity index (χ4v) is 2.85. The molecule has 0 fully saturated rings.